The number of carbonyl (C=O) groups excluding carboxylic acids is 1. The average Bonchev–Trinajstić information content (AvgIpc) is 2.94. The highest BCUT2D eigenvalue weighted by molar-refractivity contribution is 7.90. The highest BCUT2D eigenvalue weighted by Gasteiger charge is 2.34. The van der Waals surface area contributed by atoms with E-state index in [0.717, 1.165) is 9.55 Å². The quantitative estimate of drug-likeness (QED) is 0.781. The Balaban J connectivity index is 2.32. The Labute approximate surface area is 139 Å². The molecule has 1 aromatic carbocycles. The molecular weight excluding hydrogens is 336 g/mol. The van der Waals surface area contributed by atoms with Gasteiger partial charge in [0, 0.05) is 17.8 Å². The van der Waals surface area contributed by atoms with Crippen LogP contribution in [0.2, 0.25) is 5.02 Å². The molecule has 0 atom stereocenters. The zero-order chi connectivity index (χ0) is 16.8. The molecule has 0 N–H and O–H groups in total. The zero-order valence-corrected chi connectivity index (χ0v) is 14.2. The van der Waals surface area contributed by atoms with Crippen LogP contribution in [0.25, 0.3) is 0 Å². The summed E-state index contributed by atoms with van der Waals surface area (Å²) in [5, 5.41) is 0.375. The van der Waals surface area contributed by atoms with Crippen LogP contribution in [0.5, 0.6) is 0 Å². The van der Waals surface area contributed by atoms with Crippen molar-refractivity contribution in [3.63, 3.8) is 0 Å². The topological polar surface area (TPSA) is 59.4 Å². The zero-order valence-electron chi connectivity index (χ0n) is 12.7. The monoisotopic (exact) mass is 350 g/mol. The van der Waals surface area contributed by atoms with E-state index < -0.39 is 10.0 Å². The first-order valence-corrected chi connectivity index (χ1v) is 8.82. The van der Waals surface area contributed by atoms with Crippen molar-refractivity contribution in [3.05, 3.63) is 58.9 Å². The molecule has 120 valence electrons. The van der Waals surface area contributed by atoms with E-state index in [0.29, 0.717) is 10.7 Å². The number of fused-ring (bicyclic) bond motifs is 2. The number of hydrogen-bond acceptors (Lipinski definition) is 3. The fraction of sp³-hybridized carbons (Fsp3) is 0.188. The lowest BCUT2D eigenvalue weighted by Crippen LogP contribution is -2.31. The van der Waals surface area contributed by atoms with Crippen LogP contribution in [0.1, 0.15) is 24.3 Å². The van der Waals surface area contributed by atoms with Crippen molar-refractivity contribution in [1.29, 1.82) is 0 Å². The highest BCUT2D eigenvalue weighted by Crippen LogP contribution is 2.34. The molecule has 1 amide bonds. The van der Waals surface area contributed by atoms with E-state index in [1.54, 1.807) is 6.07 Å². The van der Waals surface area contributed by atoms with Gasteiger partial charge in [-0.15, -0.1) is 0 Å². The molecule has 0 bridgehead atoms. The van der Waals surface area contributed by atoms with Gasteiger partial charge in [-0.3, -0.25) is 4.79 Å². The van der Waals surface area contributed by atoms with E-state index >= 15 is 0 Å². The first kappa shape index (κ1) is 15.8. The minimum absolute atomic E-state index is 0.0624. The second kappa shape index (κ2) is 5.54. The Kier molecular flexibility index (Phi) is 3.82. The van der Waals surface area contributed by atoms with Crippen LogP contribution in [0.15, 0.2) is 53.1 Å². The average molecular weight is 351 g/mol. The minimum Gasteiger partial charge on any atom is -0.302 e. The van der Waals surface area contributed by atoms with E-state index in [1.165, 1.54) is 35.4 Å². The van der Waals surface area contributed by atoms with Gasteiger partial charge in [-0.2, -0.15) is 0 Å². The Bertz CT molecular complexity index is 925. The van der Waals surface area contributed by atoms with Crippen LogP contribution in [0, 0.1) is 0 Å². The van der Waals surface area contributed by atoms with Gasteiger partial charge >= 0.3 is 0 Å². The van der Waals surface area contributed by atoms with Crippen molar-refractivity contribution in [2.75, 3.05) is 11.4 Å². The number of anilines is 1. The first-order valence-electron chi connectivity index (χ1n) is 7.00. The van der Waals surface area contributed by atoms with Crippen LogP contribution in [-0.2, 0) is 10.0 Å². The Morgan fingerprint density at radius 1 is 1.26 bits per heavy atom. The second-order valence-electron chi connectivity index (χ2n) is 5.50. The van der Waals surface area contributed by atoms with Gasteiger partial charge in [-0.05, 0) is 44.2 Å². The number of amides is 1. The van der Waals surface area contributed by atoms with E-state index in [2.05, 4.69) is 0 Å². The lowest BCUT2D eigenvalue weighted by atomic mass is 10.2. The summed E-state index contributed by atoms with van der Waals surface area (Å²) >= 11 is 6.03. The van der Waals surface area contributed by atoms with Crippen LogP contribution < -0.4 is 4.90 Å². The van der Waals surface area contributed by atoms with Crippen LogP contribution in [-0.4, -0.2) is 24.8 Å². The third-order valence-corrected chi connectivity index (χ3v) is 5.58. The lowest BCUT2D eigenvalue weighted by Gasteiger charge is -2.21. The number of carbonyl (C=O) groups is 1. The molecule has 3 rings (SSSR count). The summed E-state index contributed by atoms with van der Waals surface area (Å²) in [6, 6.07) is 7.51. The molecule has 0 saturated heterocycles. The highest BCUT2D eigenvalue weighted by atomic mass is 35.5. The van der Waals surface area contributed by atoms with Gasteiger partial charge in [0.1, 0.15) is 10.6 Å². The first-order chi connectivity index (χ1) is 10.8. The standard InChI is InChI=1S/C16H15ClN2O3S/c1-11(2)7-9-18-14-10-12(17)5-6-15(14)23(21,22)19-8-3-4-13(19)16(18)20/h3-8,10H,9H2,1-2H3. The maximum Gasteiger partial charge on any atom is 0.276 e. The van der Waals surface area contributed by atoms with Crippen molar-refractivity contribution >= 4 is 33.2 Å². The van der Waals surface area contributed by atoms with Crippen molar-refractivity contribution in [2.24, 2.45) is 0 Å². The van der Waals surface area contributed by atoms with Gasteiger partial charge in [-0.25, -0.2) is 12.4 Å². The summed E-state index contributed by atoms with van der Waals surface area (Å²) in [4.78, 5) is 14.3. The van der Waals surface area contributed by atoms with Crippen LogP contribution in [0.3, 0.4) is 0 Å². The summed E-state index contributed by atoms with van der Waals surface area (Å²) in [7, 11) is -3.84. The molecule has 0 saturated carbocycles. The molecule has 2 heterocycles. The number of hydrogen-bond donors (Lipinski definition) is 0. The molecule has 23 heavy (non-hydrogen) atoms. The lowest BCUT2D eigenvalue weighted by molar-refractivity contribution is 0.0984. The fourth-order valence-electron chi connectivity index (χ4n) is 2.47. The number of halogens is 1. The van der Waals surface area contributed by atoms with Crippen LogP contribution in [0.4, 0.5) is 5.69 Å². The molecular formula is C16H15ClN2O3S. The number of allylic oxidation sites excluding steroid dienone is 1. The molecule has 0 fully saturated rings. The van der Waals surface area contributed by atoms with Crippen LogP contribution >= 0.6 is 11.6 Å². The summed E-state index contributed by atoms with van der Waals surface area (Å²) in [6.45, 7) is 4.11. The second-order valence-corrected chi connectivity index (χ2v) is 7.72. The summed E-state index contributed by atoms with van der Waals surface area (Å²) in [5.41, 5.74) is 1.44. The molecule has 5 nitrogen and oxygen atoms in total. The molecule has 0 unspecified atom stereocenters. The molecule has 1 aromatic heterocycles. The summed E-state index contributed by atoms with van der Waals surface area (Å²) in [5.74, 6) is -0.378. The molecule has 7 heteroatoms. The Morgan fingerprint density at radius 2 is 2.00 bits per heavy atom. The molecule has 2 aromatic rings. The van der Waals surface area contributed by atoms with E-state index in [1.807, 2.05) is 19.9 Å². The third kappa shape index (κ3) is 2.58. The predicted octanol–water partition coefficient (Wildman–Crippen LogP) is 3.30. The molecule has 0 aliphatic carbocycles. The maximum atomic E-state index is 12.8. The summed E-state index contributed by atoms with van der Waals surface area (Å²) < 4.78 is 26.7. The van der Waals surface area contributed by atoms with Crippen molar-refractivity contribution in [3.8, 4) is 0 Å². The normalized spacial score (nSPS) is 15.6. The summed E-state index contributed by atoms with van der Waals surface area (Å²) in [6.07, 6.45) is 3.25. The molecule has 0 spiro atoms. The van der Waals surface area contributed by atoms with E-state index in [-0.39, 0.29) is 23.0 Å². The van der Waals surface area contributed by atoms with Gasteiger partial charge in [0.25, 0.3) is 15.9 Å². The predicted molar refractivity (Wildman–Crippen MR) is 89.6 cm³/mol. The number of rotatable bonds is 2. The smallest absolute Gasteiger partial charge is 0.276 e. The number of aromatic nitrogens is 1. The molecule has 1 aliphatic rings. The van der Waals surface area contributed by atoms with Gasteiger partial charge in [-0.1, -0.05) is 23.3 Å². The number of nitrogens with zero attached hydrogens (tertiary/aromatic N) is 2. The third-order valence-electron chi connectivity index (χ3n) is 3.61. The molecule has 0 radical (unpaired) electrons. The molecule has 1 aliphatic heterocycles. The van der Waals surface area contributed by atoms with Crippen molar-refractivity contribution in [1.82, 2.24) is 3.97 Å². The van der Waals surface area contributed by atoms with Crippen molar-refractivity contribution in [2.45, 2.75) is 18.7 Å². The van der Waals surface area contributed by atoms with Crippen molar-refractivity contribution < 1.29 is 13.2 Å². The van der Waals surface area contributed by atoms with E-state index in [9.17, 15) is 13.2 Å². The Hall–Kier alpha value is -2.05. The number of benzene rings is 1. The van der Waals surface area contributed by atoms with Gasteiger partial charge in [0.05, 0.1) is 5.69 Å². The van der Waals surface area contributed by atoms with E-state index in [4.69, 9.17) is 11.6 Å². The minimum atomic E-state index is -3.84. The van der Waals surface area contributed by atoms with Gasteiger partial charge in [0.2, 0.25) is 0 Å². The SMILES string of the molecule is CC(C)=CCN1C(=O)c2cccn2S(=O)(=O)c2ccc(Cl)cc21. The van der Waals surface area contributed by atoms with Gasteiger partial charge in [0.15, 0.2) is 0 Å². The Morgan fingerprint density at radius 3 is 2.70 bits per heavy atom. The largest absolute Gasteiger partial charge is 0.302 e. The maximum absolute atomic E-state index is 12.8. The fourth-order valence-corrected chi connectivity index (χ4v) is 4.15. The van der Waals surface area contributed by atoms with Gasteiger partial charge < -0.3 is 4.90 Å².